The molecule has 0 radical (unpaired) electrons. The molecule has 1 aromatic heterocycles. The highest BCUT2D eigenvalue weighted by Crippen LogP contribution is 2.15. The molecule has 0 saturated carbocycles. The van der Waals surface area contributed by atoms with Crippen LogP contribution < -0.4 is 11.1 Å². The van der Waals surface area contributed by atoms with Crippen molar-refractivity contribution in [2.24, 2.45) is 12.8 Å². The van der Waals surface area contributed by atoms with E-state index < -0.39 is 0 Å². The fraction of sp³-hybridized carbons (Fsp3) is 0.182. The SMILES string of the molecule is Cn1cc(Nc2ccc(CN)cc2)cn1. The van der Waals surface area contributed by atoms with Crippen molar-refractivity contribution in [2.45, 2.75) is 6.54 Å². The maximum Gasteiger partial charge on any atom is 0.0770 e. The number of rotatable bonds is 3. The van der Waals surface area contributed by atoms with E-state index in [-0.39, 0.29) is 0 Å². The molecule has 0 aliphatic rings. The molecule has 1 aromatic carbocycles. The second kappa shape index (κ2) is 4.14. The first-order chi connectivity index (χ1) is 7.28. The zero-order valence-electron chi connectivity index (χ0n) is 8.64. The van der Waals surface area contributed by atoms with E-state index in [0.29, 0.717) is 6.54 Å². The molecular weight excluding hydrogens is 188 g/mol. The van der Waals surface area contributed by atoms with Crippen molar-refractivity contribution in [3.63, 3.8) is 0 Å². The Hall–Kier alpha value is -1.81. The summed E-state index contributed by atoms with van der Waals surface area (Å²) in [5, 5.41) is 7.33. The molecule has 0 spiro atoms. The van der Waals surface area contributed by atoms with Gasteiger partial charge in [0, 0.05) is 25.5 Å². The molecule has 4 heteroatoms. The Kier molecular flexibility index (Phi) is 2.69. The van der Waals surface area contributed by atoms with Crippen molar-refractivity contribution < 1.29 is 0 Å². The van der Waals surface area contributed by atoms with Gasteiger partial charge in [0.1, 0.15) is 0 Å². The maximum absolute atomic E-state index is 5.52. The van der Waals surface area contributed by atoms with Crippen LogP contribution in [0.2, 0.25) is 0 Å². The van der Waals surface area contributed by atoms with E-state index in [1.165, 1.54) is 0 Å². The van der Waals surface area contributed by atoms with E-state index in [4.69, 9.17) is 5.73 Å². The van der Waals surface area contributed by atoms with Gasteiger partial charge in [-0.25, -0.2) is 0 Å². The summed E-state index contributed by atoms with van der Waals surface area (Å²) in [7, 11) is 1.89. The summed E-state index contributed by atoms with van der Waals surface area (Å²) in [6.07, 6.45) is 3.72. The zero-order valence-corrected chi connectivity index (χ0v) is 8.64. The predicted octanol–water partition coefficient (Wildman–Crippen LogP) is 1.62. The number of nitrogens with zero attached hydrogens (tertiary/aromatic N) is 2. The Bertz CT molecular complexity index is 430. The molecule has 0 unspecified atom stereocenters. The van der Waals surface area contributed by atoms with Gasteiger partial charge in [-0.2, -0.15) is 5.10 Å². The second-order valence-electron chi connectivity index (χ2n) is 3.43. The molecule has 0 amide bonds. The molecule has 78 valence electrons. The van der Waals surface area contributed by atoms with Gasteiger partial charge in [-0.05, 0) is 17.7 Å². The topological polar surface area (TPSA) is 55.9 Å². The lowest BCUT2D eigenvalue weighted by atomic mass is 10.2. The van der Waals surface area contributed by atoms with Crippen molar-refractivity contribution in [1.29, 1.82) is 0 Å². The summed E-state index contributed by atoms with van der Waals surface area (Å²) in [4.78, 5) is 0. The van der Waals surface area contributed by atoms with Crippen LogP contribution in [0.4, 0.5) is 11.4 Å². The predicted molar refractivity (Wildman–Crippen MR) is 60.8 cm³/mol. The average molecular weight is 202 g/mol. The van der Waals surface area contributed by atoms with Gasteiger partial charge in [0.15, 0.2) is 0 Å². The Morgan fingerprint density at radius 2 is 2.00 bits per heavy atom. The lowest BCUT2D eigenvalue weighted by Gasteiger charge is -2.03. The highest BCUT2D eigenvalue weighted by atomic mass is 15.3. The zero-order chi connectivity index (χ0) is 10.7. The summed E-state index contributed by atoms with van der Waals surface area (Å²) < 4.78 is 1.76. The van der Waals surface area contributed by atoms with Crippen LogP contribution in [0.3, 0.4) is 0 Å². The number of benzene rings is 1. The lowest BCUT2D eigenvalue weighted by Crippen LogP contribution is -1.96. The van der Waals surface area contributed by atoms with E-state index in [9.17, 15) is 0 Å². The Morgan fingerprint density at radius 1 is 1.27 bits per heavy atom. The average Bonchev–Trinajstić information content (AvgIpc) is 2.65. The molecule has 2 rings (SSSR count). The van der Waals surface area contributed by atoms with Crippen molar-refractivity contribution in [2.75, 3.05) is 5.32 Å². The summed E-state index contributed by atoms with van der Waals surface area (Å²) in [6.45, 7) is 0.577. The first-order valence-corrected chi connectivity index (χ1v) is 4.82. The molecule has 15 heavy (non-hydrogen) atoms. The summed E-state index contributed by atoms with van der Waals surface area (Å²) in [6, 6.07) is 8.04. The number of aromatic nitrogens is 2. The van der Waals surface area contributed by atoms with Gasteiger partial charge >= 0.3 is 0 Å². The van der Waals surface area contributed by atoms with Crippen LogP contribution in [-0.4, -0.2) is 9.78 Å². The molecule has 0 aliphatic carbocycles. The normalized spacial score (nSPS) is 10.3. The van der Waals surface area contributed by atoms with Gasteiger partial charge in [-0.15, -0.1) is 0 Å². The number of nitrogens with one attached hydrogen (secondary N) is 1. The summed E-state index contributed by atoms with van der Waals surface area (Å²) in [5.41, 5.74) is 8.68. The Labute approximate surface area is 88.7 Å². The van der Waals surface area contributed by atoms with Crippen LogP contribution >= 0.6 is 0 Å². The summed E-state index contributed by atoms with van der Waals surface area (Å²) >= 11 is 0. The molecule has 0 saturated heterocycles. The third kappa shape index (κ3) is 2.35. The highest BCUT2D eigenvalue weighted by molar-refractivity contribution is 5.58. The van der Waals surface area contributed by atoms with Crippen LogP contribution in [-0.2, 0) is 13.6 Å². The van der Waals surface area contributed by atoms with Gasteiger partial charge in [-0.3, -0.25) is 4.68 Å². The van der Waals surface area contributed by atoms with E-state index in [1.54, 1.807) is 10.9 Å². The molecule has 3 N–H and O–H groups in total. The largest absolute Gasteiger partial charge is 0.353 e. The molecule has 0 atom stereocenters. The molecule has 0 fully saturated rings. The highest BCUT2D eigenvalue weighted by Gasteiger charge is 1.96. The third-order valence-electron chi connectivity index (χ3n) is 2.18. The number of nitrogens with two attached hydrogens (primary N) is 1. The van der Waals surface area contributed by atoms with E-state index >= 15 is 0 Å². The van der Waals surface area contributed by atoms with Crippen LogP contribution in [0.5, 0.6) is 0 Å². The monoisotopic (exact) mass is 202 g/mol. The fourth-order valence-corrected chi connectivity index (χ4v) is 1.38. The molecule has 0 bridgehead atoms. The standard InChI is InChI=1S/C11H14N4/c1-15-8-11(7-13-15)14-10-4-2-9(6-12)3-5-10/h2-5,7-8,14H,6,12H2,1H3. The quantitative estimate of drug-likeness (QED) is 0.795. The van der Waals surface area contributed by atoms with E-state index in [1.807, 2.05) is 37.5 Å². The van der Waals surface area contributed by atoms with Crippen LogP contribution in [0.15, 0.2) is 36.7 Å². The maximum atomic E-state index is 5.52. The fourth-order valence-electron chi connectivity index (χ4n) is 1.38. The molecule has 2 aromatic rings. The van der Waals surface area contributed by atoms with Gasteiger partial charge in [0.25, 0.3) is 0 Å². The smallest absolute Gasteiger partial charge is 0.0770 e. The van der Waals surface area contributed by atoms with E-state index in [2.05, 4.69) is 10.4 Å². The summed E-state index contributed by atoms with van der Waals surface area (Å²) in [5.74, 6) is 0. The minimum Gasteiger partial charge on any atom is -0.353 e. The van der Waals surface area contributed by atoms with Crippen molar-refractivity contribution in [3.05, 3.63) is 42.2 Å². The molecular formula is C11H14N4. The minimum absolute atomic E-state index is 0.577. The Balaban J connectivity index is 2.11. The number of hydrogen-bond acceptors (Lipinski definition) is 3. The lowest BCUT2D eigenvalue weighted by molar-refractivity contribution is 0.768. The van der Waals surface area contributed by atoms with Gasteiger partial charge in [-0.1, -0.05) is 12.1 Å². The molecule has 1 heterocycles. The van der Waals surface area contributed by atoms with Gasteiger partial charge < -0.3 is 11.1 Å². The van der Waals surface area contributed by atoms with Crippen LogP contribution in [0.25, 0.3) is 0 Å². The van der Waals surface area contributed by atoms with Crippen molar-refractivity contribution in [1.82, 2.24) is 9.78 Å². The molecule has 0 aliphatic heterocycles. The minimum atomic E-state index is 0.577. The van der Waals surface area contributed by atoms with Crippen LogP contribution in [0.1, 0.15) is 5.56 Å². The van der Waals surface area contributed by atoms with Crippen molar-refractivity contribution in [3.8, 4) is 0 Å². The van der Waals surface area contributed by atoms with Gasteiger partial charge in [0.2, 0.25) is 0 Å². The van der Waals surface area contributed by atoms with Crippen LogP contribution in [0, 0.1) is 0 Å². The number of hydrogen-bond donors (Lipinski definition) is 2. The number of anilines is 2. The Morgan fingerprint density at radius 3 is 2.53 bits per heavy atom. The van der Waals surface area contributed by atoms with E-state index in [0.717, 1.165) is 16.9 Å². The first-order valence-electron chi connectivity index (χ1n) is 4.82. The second-order valence-corrected chi connectivity index (χ2v) is 3.43. The third-order valence-corrected chi connectivity index (χ3v) is 2.18. The van der Waals surface area contributed by atoms with Crippen molar-refractivity contribution >= 4 is 11.4 Å². The first kappa shape index (κ1) is 9.73. The molecule has 4 nitrogen and oxygen atoms in total. The van der Waals surface area contributed by atoms with Gasteiger partial charge in [0.05, 0.1) is 11.9 Å². The number of aryl methyl sites for hydroxylation is 1.